The summed E-state index contributed by atoms with van der Waals surface area (Å²) in [5, 5.41) is 10.7. The Bertz CT molecular complexity index is 527. The van der Waals surface area contributed by atoms with Crippen molar-refractivity contribution in [3.63, 3.8) is 0 Å². The number of aryl methyl sites for hydroxylation is 1. The van der Waals surface area contributed by atoms with Crippen molar-refractivity contribution < 1.29 is 5.11 Å². The SMILES string of the molecule is CCn1ccnc1C(O)C1Cc2ccccc2S1. The van der Waals surface area contributed by atoms with E-state index in [0.29, 0.717) is 0 Å². The summed E-state index contributed by atoms with van der Waals surface area (Å²) < 4.78 is 2.01. The Morgan fingerprint density at radius 2 is 2.33 bits per heavy atom. The van der Waals surface area contributed by atoms with Crippen LogP contribution in [-0.2, 0) is 13.0 Å². The van der Waals surface area contributed by atoms with Crippen molar-refractivity contribution in [1.82, 2.24) is 9.55 Å². The van der Waals surface area contributed by atoms with Gasteiger partial charge in [0.05, 0.1) is 0 Å². The van der Waals surface area contributed by atoms with Crippen LogP contribution in [0.3, 0.4) is 0 Å². The topological polar surface area (TPSA) is 38.0 Å². The van der Waals surface area contributed by atoms with Gasteiger partial charge in [-0.25, -0.2) is 4.98 Å². The number of fused-ring (bicyclic) bond motifs is 1. The van der Waals surface area contributed by atoms with E-state index in [1.807, 2.05) is 16.8 Å². The van der Waals surface area contributed by atoms with E-state index in [0.717, 1.165) is 18.8 Å². The molecule has 3 rings (SSSR count). The number of rotatable bonds is 3. The molecule has 0 spiro atoms. The highest BCUT2D eigenvalue weighted by atomic mass is 32.2. The standard InChI is InChI=1S/C14H16N2OS/c1-2-16-8-7-15-14(16)13(17)12-9-10-5-3-4-6-11(10)18-12/h3-8,12-13,17H,2,9H2,1H3. The second-order valence-corrected chi connectivity index (χ2v) is 5.77. The molecule has 0 radical (unpaired) electrons. The lowest BCUT2D eigenvalue weighted by atomic mass is 10.1. The summed E-state index contributed by atoms with van der Waals surface area (Å²) in [6, 6.07) is 8.37. The van der Waals surface area contributed by atoms with E-state index in [9.17, 15) is 5.11 Å². The highest BCUT2D eigenvalue weighted by Gasteiger charge is 2.31. The minimum absolute atomic E-state index is 0.176. The summed E-state index contributed by atoms with van der Waals surface area (Å²) in [4.78, 5) is 5.58. The van der Waals surface area contributed by atoms with Gasteiger partial charge in [-0.3, -0.25) is 0 Å². The lowest BCUT2D eigenvalue weighted by molar-refractivity contribution is 0.160. The van der Waals surface area contributed by atoms with E-state index in [1.165, 1.54) is 10.5 Å². The Morgan fingerprint density at radius 1 is 1.50 bits per heavy atom. The molecule has 0 saturated carbocycles. The molecule has 1 aromatic heterocycles. The number of aromatic nitrogens is 2. The monoisotopic (exact) mass is 260 g/mol. The lowest BCUT2D eigenvalue weighted by Gasteiger charge is -2.17. The molecule has 18 heavy (non-hydrogen) atoms. The highest BCUT2D eigenvalue weighted by Crippen LogP contribution is 2.42. The molecule has 3 nitrogen and oxygen atoms in total. The highest BCUT2D eigenvalue weighted by molar-refractivity contribution is 8.00. The van der Waals surface area contributed by atoms with E-state index >= 15 is 0 Å². The first-order valence-electron chi connectivity index (χ1n) is 6.23. The van der Waals surface area contributed by atoms with Gasteiger partial charge in [-0.1, -0.05) is 18.2 Å². The van der Waals surface area contributed by atoms with Crippen molar-refractivity contribution in [2.24, 2.45) is 0 Å². The van der Waals surface area contributed by atoms with Crippen molar-refractivity contribution in [3.05, 3.63) is 48.0 Å². The van der Waals surface area contributed by atoms with Crippen LogP contribution < -0.4 is 0 Å². The van der Waals surface area contributed by atoms with Crippen LogP contribution >= 0.6 is 11.8 Å². The summed E-state index contributed by atoms with van der Waals surface area (Å²) >= 11 is 1.76. The Labute approximate surface area is 111 Å². The molecule has 0 fully saturated rings. The Kier molecular flexibility index (Phi) is 3.14. The second kappa shape index (κ2) is 4.78. The van der Waals surface area contributed by atoms with E-state index in [1.54, 1.807) is 18.0 Å². The molecule has 0 bridgehead atoms. The van der Waals surface area contributed by atoms with Crippen LogP contribution in [0.5, 0.6) is 0 Å². The molecule has 0 aliphatic carbocycles. The van der Waals surface area contributed by atoms with Gasteiger partial charge in [0, 0.05) is 29.1 Å². The van der Waals surface area contributed by atoms with Gasteiger partial charge in [0.2, 0.25) is 0 Å². The number of nitrogens with zero attached hydrogens (tertiary/aromatic N) is 2. The van der Waals surface area contributed by atoms with Crippen LogP contribution in [0.2, 0.25) is 0 Å². The van der Waals surface area contributed by atoms with Crippen LogP contribution in [0.4, 0.5) is 0 Å². The fourth-order valence-electron chi connectivity index (χ4n) is 2.41. The molecule has 2 aromatic rings. The Balaban J connectivity index is 1.82. The van der Waals surface area contributed by atoms with E-state index < -0.39 is 6.10 Å². The first kappa shape index (κ1) is 11.8. The van der Waals surface area contributed by atoms with E-state index in [2.05, 4.69) is 30.1 Å². The molecule has 94 valence electrons. The van der Waals surface area contributed by atoms with Gasteiger partial charge in [0.1, 0.15) is 11.9 Å². The molecule has 0 saturated heterocycles. The second-order valence-electron chi connectivity index (χ2n) is 4.48. The van der Waals surface area contributed by atoms with Gasteiger partial charge >= 0.3 is 0 Å². The zero-order valence-electron chi connectivity index (χ0n) is 10.3. The van der Waals surface area contributed by atoms with Gasteiger partial charge in [-0.2, -0.15) is 0 Å². The normalized spacial score (nSPS) is 19.8. The van der Waals surface area contributed by atoms with E-state index in [-0.39, 0.29) is 5.25 Å². The van der Waals surface area contributed by atoms with Crippen LogP contribution in [0.1, 0.15) is 24.4 Å². The first-order chi connectivity index (χ1) is 8.79. The average Bonchev–Trinajstić information content (AvgIpc) is 3.03. The van der Waals surface area contributed by atoms with Crippen LogP contribution in [-0.4, -0.2) is 19.9 Å². The molecule has 1 N–H and O–H groups in total. The summed E-state index contributed by atoms with van der Waals surface area (Å²) in [5.74, 6) is 0.780. The summed E-state index contributed by atoms with van der Waals surface area (Å²) in [7, 11) is 0. The average molecular weight is 260 g/mol. The minimum Gasteiger partial charge on any atom is -0.384 e. The number of imidazole rings is 1. The lowest BCUT2D eigenvalue weighted by Crippen LogP contribution is -2.18. The molecule has 2 heterocycles. The van der Waals surface area contributed by atoms with Gasteiger partial charge in [0.25, 0.3) is 0 Å². The van der Waals surface area contributed by atoms with Crippen molar-refractivity contribution in [2.45, 2.75) is 36.1 Å². The summed E-state index contributed by atoms with van der Waals surface area (Å²) in [6.45, 7) is 2.91. The van der Waals surface area contributed by atoms with Crippen LogP contribution in [0, 0.1) is 0 Å². The van der Waals surface area contributed by atoms with Crippen LogP contribution in [0.15, 0.2) is 41.6 Å². The number of hydrogen-bond acceptors (Lipinski definition) is 3. The maximum Gasteiger partial charge on any atom is 0.138 e. The van der Waals surface area contributed by atoms with Crippen molar-refractivity contribution in [2.75, 3.05) is 0 Å². The fraction of sp³-hybridized carbons (Fsp3) is 0.357. The van der Waals surface area contributed by atoms with Crippen molar-refractivity contribution in [1.29, 1.82) is 0 Å². The Morgan fingerprint density at radius 3 is 3.11 bits per heavy atom. The third kappa shape index (κ3) is 1.95. The molecular weight excluding hydrogens is 244 g/mol. The number of hydrogen-bond donors (Lipinski definition) is 1. The largest absolute Gasteiger partial charge is 0.384 e. The van der Waals surface area contributed by atoms with Gasteiger partial charge < -0.3 is 9.67 Å². The zero-order chi connectivity index (χ0) is 12.5. The number of benzene rings is 1. The molecular formula is C14H16N2OS. The smallest absolute Gasteiger partial charge is 0.138 e. The molecule has 2 unspecified atom stereocenters. The molecule has 1 aliphatic heterocycles. The predicted octanol–water partition coefficient (Wildman–Crippen LogP) is 2.65. The number of aliphatic hydroxyl groups excluding tert-OH is 1. The predicted molar refractivity (Wildman–Crippen MR) is 72.7 cm³/mol. The third-order valence-electron chi connectivity index (χ3n) is 3.38. The quantitative estimate of drug-likeness (QED) is 0.922. The summed E-state index contributed by atoms with van der Waals surface area (Å²) in [5.41, 5.74) is 1.33. The maximum absolute atomic E-state index is 10.5. The maximum atomic E-state index is 10.5. The number of thioether (sulfide) groups is 1. The first-order valence-corrected chi connectivity index (χ1v) is 7.11. The Hall–Kier alpha value is -1.26. The van der Waals surface area contributed by atoms with Gasteiger partial charge in [-0.15, -0.1) is 11.8 Å². The fourth-order valence-corrected chi connectivity index (χ4v) is 3.71. The molecule has 2 atom stereocenters. The van der Waals surface area contributed by atoms with Crippen LogP contribution in [0.25, 0.3) is 0 Å². The van der Waals surface area contributed by atoms with Gasteiger partial charge in [0.15, 0.2) is 0 Å². The molecule has 1 aliphatic rings. The third-order valence-corrected chi connectivity index (χ3v) is 4.76. The molecule has 4 heteroatoms. The minimum atomic E-state index is -0.502. The van der Waals surface area contributed by atoms with E-state index in [4.69, 9.17) is 0 Å². The zero-order valence-corrected chi connectivity index (χ0v) is 11.1. The van der Waals surface area contributed by atoms with Gasteiger partial charge in [-0.05, 0) is 25.0 Å². The number of aliphatic hydroxyl groups is 1. The molecule has 1 aromatic carbocycles. The van der Waals surface area contributed by atoms with Crippen molar-refractivity contribution in [3.8, 4) is 0 Å². The van der Waals surface area contributed by atoms with Crippen molar-refractivity contribution >= 4 is 11.8 Å². The summed E-state index contributed by atoms with van der Waals surface area (Å²) in [6.07, 6.45) is 4.09. The molecule has 0 amide bonds.